The maximum atomic E-state index is 11.5. The van der Waals surface area contributed by atoms with Crippen molar-refractivity contribution in [3.8, 4) is 5.75 Å². The normalized spacial score (nSPS) is 9.79. The average molecular weight is 266 g/mol. The third-order valence-electron chi connectivity index (χ3n) is 2.34. The molecule has 0 unspecified atom stereocenters. The molecule has 0 atom stereocenters. The summed E-state index contributed by atoms with van der Waals surface area (Å²) < 4.78 is 5.28. The standard InChI is InChI=1S/C13H19N3O3/c1-2-19-11-6-4-10(5-7-11)16-13(18)12(17)15-9-3-8-14/h4-7H,2-3,8-9,14H2,1H3,(H,15,17)(H,16,18)/p+1. The third kappa shape index (κ3) is 5.39. The first-order valence-electron chi connectivity index (χ1n) is 6.28. The van der Waals surface area contributed by atoms with Gasteiger partial charge in [-0.3, -0.25) is 9.59 Å². The molecule has 104 valence electrons. The molecule has 0 radical (unpaired) electrons. The average Bonchev–Trinajstić information content (AvgIpc) is 2.41. The van der Waals surface area contributed by atoms with Crippen molar-refractivity contribution in [3.05, 3.63) is 24.3 Å². The molecule has 1 rings (SSSR count). The molecule has 0 heterocycles. The van der Waals surface area contributed by atoms with E-state index in [1.165, 1.54) is 0 Å². The number of carbonyl (C=O) groups excluding carboxylic acids is 2. The fourth-order valence-corrected chi connectivity index (χ4v) is 1.40. The highest BCUT2D eigenvalue weighted by molar-refractivity contribution is 6.39. The van der Waals surface area contributed by atoms with Crippen LogP contribution < -0.4 is 21.1 Å². The van der Waals surface area contributed by atoms with Crippen molar-refractivity contribution in [1.29, 1.82) is 0 Å². The highest BCUT2D eigenvalue weighted by atomic mass is 16.5. The lowest BCUT2D eigenvalue weighted by Gasteiger charge is -2.07. The number of benzene rings is 1. The fraction of sp³-hybridized carbons (Fsp3) is 0.385. The summed E-state index contributed by atoms with van der Waals surface area (Å²) in [5.74, 6) is -0.587. The minimum Gasteiger partial charge on any atom is -0.494 e. The van der Waals surface area contributed by atoms with Crippen LogP contribution in [-0.2, 0) is 9.59 Å². The number of carbonyl (C=O) groups is 2. The second-order valence-electron chi connectivity index (χ2n) is 3.87. The summed E-state index contributed by atoms with van der Waals surface area (Å²) in [7, 11) is 0. The van der Waals surface area contributed by atoms with Crippen LogP contribution in [0, 0.1) is 0 Å². The number of amides is 2. The van der Waals surface area contributed by atoms with Gasteiger partial charge in [0.1, 0.15) is 5.75 Å². The van der Waals surface area contributed by atoms with E-state index in [0.29, 0.717) is 18.8 Å². The number of nitrogens with one attached hydrogen (secondary N) is 2. The third-order valence-corrected chi connectivity index (χ3v) is 2.34. The molecule has 0 saturated heterocycles. The largest absolute Gasteiger partial charge is 0.494 e. The van der Waals surface area contributed by atoms with E-state index in [1.54, 1.807) is 24.3 Å². The van der Waals surface area contributed by atoms with Gasteiger partial charge in [-0.05, 0) is 31.2 Å². The van der Waals surface area contributed by atoms with Crippen molar-refractivity contribution in [3.63, 3.8) is 0 Å². The van der Waals surface area contributed by atoms with Gasteiger partial charge in [-0.25, -0.2) is 0 Å². The Morgan fingerprint density at radius 1 is 1.21 bits per heavy atom. The van der Waals surface area contributed by atoms with Crippen molar-refractivity contribution in [2.24, 2.45) is 0 Å². The first-order chi connectivity index (χ1) is 9.17. The van der Waals surface area contributed by atoms with Crippen molar-refractivity contribution in [1.82, 2.24) is 5.32 Å². The Kier molecular flexibility index (Phi) is 6.38. The van der Waals surface area contributed by atoms with Gasteiger partial charge in [0.2, 0.25) is 0 Å². The molecule has 6 heteroatoms. The lowest BCUT2D eigenvalue weighted by molar-refractivity contribution is -0.367. The van der Waals surface area contributed by atoms with Crippen LogP contribution >= 0.6 is 0 Å². The van der Waals surface area contributed by atoms with Crippen LogP contribution in [0.5, 0.6) is 5.75 Å². The predicted molar refractivity (Wildman–Crippen MR) is 71.6 cm³/mol. The molecule has 5 N–H and O–H groups in total. The van der Waals surface area contributed by atoms with Gasteiger partial charge < -0.3 is 21.1 Å². The number of quaternary nitrogens is 1. The maximum Gasteiger partial charge on any atom is 0.313 e. The van der Waals surface area contributed by atoms with Crippen LogP contribution in [0.4, 0.5) is 5.69 Å². The molecule has 6 nitrogen and oxygen atoms in total. The molecule has 0 spiro atoms. The molecule has 1 aromatic rings. The Labute approximate surface area is 112 Å². The number of ether oxygens (including phenoxy) is 1. The molecule has 0 saturated carbocycles. The van der Waals surface area contributed by atoms with Crippen LogP contribution in [0.2, 0.25) is 0 Å². The van der Waals surface area contributed by atoms with E-state index in [9.17, 15) is 9.59 Å². The molecular weight excluding hydrogens is 246 g/mol. The predicted octanol–water partition coefficient (Wildman–Crippen LogP) is -0.228. The monoisotopic (exact) mass is 266 g/mol. The maximum absolute atomic E-state index is 11.5. The summed E-state index contributed by atoms with van der Waals surface area (Å²) in [6.07, 6.45) is 0.752. The number of rotatable bonds is 6. The van der Waals surface area contributed by atoms with E-state index in [0.717, 1.165) is 18.7 Å². The van der Waals surface area contributed by atoms with Crippen molar-refractivity contribution < 1.29 is 20.1 Å². The Morgan fingerprint density at radius 2 is 1.89 bits per heavy atom. The molecular formula is C13H20N3O3+. The van der Waals surface area contributed by atoms with Crippen LogP contribution in [0.1, 0.15) is 13.3 Å². The molecule has 0 aliphatic carbocycles. The van der Waals surface area contributed by atoms with Gasteiger partial charge in [0.15, 0.2) is 0 Å². The first-order valence-corrected chi connectivity index (χ1v) is 6.28. The summed E-state index contributed by atoms with van der Waals surface area (Å²) in [5.41, 5.74) is 4.21. The molecule has 0 fully saturated rings. The highest BCUT2D eigenvalue weighted by Crippen LogP contribution is 2.15. The van der Waals surface area contributed by atoms with E-state index < -0.39 is 11.8 Å². The smallest absolute Gasteiger partial charge is 0.313 e. The van der Waals surface area contributed by atoms with E-state index >= 15 is 0 Å². The van der Waals surface area contributed by atoms with Crippen LogP contribution in [-0.4, -0.2) is 31.5 Å². The zero-order valence-electron chi connectivity index (χ0n) is 11.1. The minimum absolute atomic E-state index is 0.457. The summed E-state index contributed by atoms with van der Waals surface area (Å²) in [4.78, 5) is 23.0. The van der Waals surface area contributed by atoms with Gasteiger partial charge >= 0.3 is 11.8 Å². The van der Waals surface area contributed by atoms with Gasteiger partial charge in [0.05, 0.1) is 13.2 Å². The second-order valence-corrected chi connectivity index (χ2v) is 3.87. The van der Waals surface area contributed by atoms with Gasteiger partial charge in [-0.15, -0.1) is 0 Å². The Bertz CT molecular complexity index is 418. The minimum atomic E-state index is -0.673. The van der Waals surface area contributed by atoms with E-state index in [-0.39, 0.29) is 0 Å². The summed E-state index contributed by atoms with van der Waals surface area (Å²) in [6.45, 7) is 3.66. The Balaban J connectivity index is 2.45. The highest BCUT2D eigenvalue weighted by Gasteiger charge is 2.12. The van der Waals surface area contributed by atoms with Crippen LogP contribution in [0.3, 0.4) is 0 Å². The fourth-order valence-electron chi connectivity index (χ4n) is 1.40. The Hall–Kier alpha value is -2.08. The summed E-state index contributed by atoms with van der Waals surface area (Å²) >= 11 is 0. The molecule has 0 aliphatic rings. The molecule has 1 aromatic carbocycles. The second kappa shape index (κ2) is 8.10. The van der Waals surface area contributed by atoms with Crippen LogP contribution in [0.15, 0.2) is 24.3 Å². The molecule has 0 aromatic heterocycles. The van der Waals surface area contributed by atoms with Gasteiger partial charge in [-0.2, -0.15) is 0 Å². The summed E-state index contributed by atoms with van der Waals surface area (Å²) in [5, 5.41) is 5.04. The quantitative estimate of drug-likeness (QED) is 0.490. The molecule has 0 aliphatic heterocycles. The Morgan fingerprint density at radius 3 is 2.47 bits per heavy atom. The van der Waals surface area contributed by atoms with E-state index in [2.05, 4.69) is 16.4 Å². The van der Waals surface area contributed by atoms with Crippen LogP contribution in [0.25, 0.3) is 0 Å². The van der Waals surface area contributed by atoms with Crippen molar-refractivity contribution >= 4 is 17.5 Å². The van der Waals surface area contributed by atoms with Gasteiger partial charge in [0, 0.05) is 18.7 Å². The number of hydrogen-bond donors (Lipinski definition) is 3. The van der Waals surface area contributed by atoms with Crippen molar-refractivity contribution in [2.45, 2.75) is 13.3 Å². The molecule has 2 amide bonds. The lowest BCUT2D eigenvalue weighted by Crippen LogP contribution is -2.51. The SMILES string of the molecule is CCOc1ccc(NC(=O)C(=O)NCCC[NH3+])cc1. The van der Waals surface area contributed by atoms with Crippen molar-refractivity contribution in [2.75, 3.05) is 25.0 Å². The zero-order valence-corrected chi connectivity index (χ0v) is 11.1. The number of hydrogen-bond acceptors (Lipinski definition) is 3. The topological polar surface area (TPSA) is 95.1 Å². The van der Waals surface area contributed by atoms with E-state index in [4.69, 9.17) is 4.74 Å². The van der Waals surface area contributed by atoms with Gasteiger partial charge in [0.25, 0.3) is 0 Å². The summed E-state index contributed by atoms with van der Waals surface area (Å²) in [6, 6.07) is 6.85. The molecule has 0 bridgehead atoms. The van der Waals surface area contributed by atoms with E-state index in [1.807, 2.05) is 6.92 Å². The lowest BCUT2D eigenvalue weighted by atomic mass is 10.3. The first kappa shape index (κ1) is 15.0. The molecule has 19 heavy (non-hydrogen) atoms. The zero-order chi connectivity index (χ0) is 14.1. The van der Waals surface area contributed by atoms with Gasteiger partial charge in [-0.1, -0.05) is 0 Å². The number of anilines is 1.